The Morgan fingerprint density at radius 2 is 1.62 bits per heavy atom. The molecule has 2 heteroatoms. The SMILES string of the molecule is CCCCC(C)(CCCC)NC=O. The second-order valence-corrected chi connectivity index (χ2v) is 4.03. The van der Waals surface area contributed by atoms with Crippen molar-refractivity contribution in [2.75, 3.05) is 0 Å². The van der Waals surface area contributed by atoms with E-state index in [1.807, 2.05) is 0 Å². The standard InChI is InChI=1S/C11H23NO/c1-4-6-8-11(3,12-10-13)9-7-5-2/h10H,4-9H2,1-3H3,(H,12,13). The summed E-state index contributed by atoms with van der Waals surface area (Å²) in [5.41, 5.74) is 0.0355. The number of carbonyl (C=O) groups is 1. The first-order valence-corrected chi connectivity index (χ1v) is 5.40. The zero-order chi connectivity index (χ0) is 10.2. The van der Waals surface area contributed by atoms with Crippen LogP contribution < -0.4 is 5.32 Å². The van der Waals surface area contributed by atoms with E-state index in [9.17, 15) is 4.79 Å². The fourth-order valence-electron chi connectivity index (χ4n) is 1.55. The van der Waals surface area contributed by atoms with E-state index in [1.54, 1.807) is 0 Å². The first kappa shape index (κ1) is 12.5. The molecule has 1 N–H and O–H groups in total. The van der Waals surface area contributed by atoms with E-state index in [0.717, 1.165) is 19.3 Å². The Hall–Kier alpha value is -0.530. The van der Waals surface area contributed by atoms with Gasteiger partial charge in [-0.2, -0.15) is 0 Å². The van der Waals surface area contributed by atoms with E-state index >= 15 is 0 Å². The van der Waals surface area contributed by atoms with Crippen LogP contribution >= 0.6 is 0 Å². The van der Waals surface area contributed by atoms with Crippen molar-refractivity contribution >= 4 is 6.41 Å². The highest BCUT2D eigenvalue weighted by molar-refractivity contribution is 5.47. The highest BCUT2D eigenvalue weighted by atomic mass is 16.1. The number of nitrogens with one attached hydrogen (secondary N) is 1. The van der Waals surface area contributed by atoms with Crippen molar-refractivity contribution in [1.82, 2.24) is 5.32 Å². The molecule has 0 unspecified atom stereocenters. The maximum atomic E-state index is 10.4. The fourth-order valence-corrected chi connectivity index (χ4v) is 1.55. The van der Waals surface area contributed by atoms with Gasteiger partial charge >= 0.3 is 0 Å². The average molecular weight is 185 g/mol. The molecule has 1 amide bonds. The number of unbranched alkanes of at least 4 members (excludes halogenated alkanes) is 2. The van der Waals surface area contributed by atoms with Crippen molar-refractivity contribution in [2.45, 2.75) is 64.8 Å². The quantitative estimate of drug-likeness (QED) is 0.579. The molecule has 0 aliphatic heterocycles. The highest BCUT2D eigenvalue weighted by Crippen LogP contribution is 2.20. The summed E-state index contributed by atoms with van der Waals surface area (Å²) in [5, 5.41) is 2.95. The lowest BCUT2D eigenvalue weighted by Crippen LogP contribution is -2.41. The van der Waals surface area contributed by atoms with Gasteiger partial charge in [0, 0.05) is 5.54 Å². The summed E-state index contributed by atoms with van der Waals surface area (Å²) >= 11 is 0. The summed E-state index contributed by atoms with van der Waals surface area (Å²) in [6.45, 7) is 6.51. The topological polar surface area (TPSA) is 29.1 Å². The van der Waals surface area contributed by atoms with Crippen LogP contribution in [0, 0.1) is 0 Å². The van der Waals surface area contributed by atoms with Gasteiger partial charge in [0.05, 0.1) is 0 Å². The van der Waals surface area contributed by atoms with Crippen molar-refractivity contribution in [3.8, 4) is 0 Å². The molecule has 0 aliphatic rings. The second-order valence-electron chi connectivity index (χ2n) is 4.03. The van der Waals surface area contributed by atoms with Crippen LogP contribution in [0.25, 0.3) is 0 Å². The minimum absolute atomic E-state index is 0.0355. The maximum absolute atomic E-state index is 10.4. The van der Waals surface area contributed by atoms with Crippen LogP contribution in [0.4, 0.5) is 0 Å². The van der Waals surface area contributed by atoms with E-state index < -0.39 is 0 Å². The third-order valence-corrected chi connectivity index (χ3v) is 2.57. The molecule has 0 fully saturated rings. The van der Waals surface area contributed by atoms with Crippen LogP contribution in [-0.2, 0) is 4.79 Å². The molecule has 0 saturated heterocycles. The lowest BCUT2D eigenvalue weighted by molar-refractivity contribution is -0.111. The van der Waals surface area contributed by atoms with E-state index in [-0.39, 0.29) is 5.54 Å². The van der Waals surface area contributed by atoms with Crippen LogP contribution in [0.15, 0.2) is 0 Å². The van der Waals surface area contributed by atoms with Gasteiger partial charge in [0.15, 0.2) is 0 Å². The van der Waals surface area contributed by atoms with Crippen molar-refractivity contribution in [3.63, 3.8) is 0 Å². The monoisotopic (exact) mass is 185 g/mol. The minimum Gasteiger partial charge on any atom is -0.354 e. The smallest absolute Gasteiger partial charge is 0.207 e. The molecular weight excluding hydrogens is 162 g/mol. The van der Waals surface area contributed by atoms with E-state index in [1.165, 1.54) is 25.7 Å². The summed E-state index contributed by atoms with van der Waals surface area (Å²) < 4.78 is 0. The van der Waals surface area contributed by atoms with Crippen molar-refractivity contribution in [2.24, 2.45) is 0 Å². The molecule has 0 rings (SSSR count). The Balaban J connectivity index is 3.90. The van der Waals surface area contributed by atoms with Gasteiger partial charge in [0.2, 0.25) is 6.41 Å². The normalized spacial score (nSPS) is 11.3. The first-order valence-electron chi connectivity index (χ1n) is 5.40. The predicted molar refractivity (Wildman–Crippen MR) is 56.7 cm³/mol. The molecule has 0 aromatic heterocycles. The number of hydrogen-bond donors (Lipinski definition) is 1. The highest BCUT2D eigenvalue weighted by Gasteiger charge is 2.21. The lowest BCUT2D eigenvalue weighted by atomic mass is 9.89. The number of amides is 1. The fraction of sp³-hybridized carbons (Fsp3) is 0.909. The molecular formula is C11H23NO. The van der Waals surface area contributed by atoms with Crippen molar-refractivity contribution in [3.05, 3.63) is 0 Å². The van der Waals surface area contributed by atoms with Crippen LogP contribution in [0.3, 0.4) is 0 Å². The maximum Gasteiger partial charge on any atom is 0.207 e. The molecule has 13 heavy (non-hydrogen) atoms. The van der Waals surface area contributed by atoms with Crippen LogP contribution in [0.1, 0.15) is 59.3 Å². The summed E-state index contributed by atoms with van der Waals surface area (Å²) in [7, 11) is 0. The van der Waals surface area contributed by atoms with Crippen LogP contribution in [-0.4, -0.2) is 11.9 Å². The number of rotatable bonds is 8. The molecule has 0 radical (unpaired) electrons. The zero-order valence-corrected chi connectivity index (χ0v) is 9.23. The largest absolute Gasteiger partial charge is 0.354 e. The molecule has 0 bridgehead atoms. The molecule has 0 atom stereocenters. The number of hydrogen-bond acceptors (Lipinski definition) is 1. The molecule has 0 aromatic rings. The summed E-state index contributed by atoms with van der Waals surface area (Å²) in [5.74, 6) is 0. The third kappa shape index (κ3) is 5.67. The minimum atomic E-state index is 0.0355. The zero-order valence-electron chi connectivity index (χ0n) is 9.23. The molecule has 0 aliphatic carbocycles. The molecule has 0 aromatic carbocycles. The van der Waals surface area contributed by atoms with Gasteiger partial charge in [0.25, 0.3) is 0 Å². The Morgan fingerprint density at radius 3 is 1.92 bits per heavy atom. The molecule has 2 nitrogen and oxygen atoms in total. The molecule has 0 spiro atoms. The Labute approximate surface area is 82.1 Å². The van der Waals surface area contributed by atoms with Gasteiger partial charge < -0.3 is 5.32 Å². The van der Waals surface area contributed by atoms with Gasteiger partial charge in [-0.1, -0.05) is 39.5 Å². The van der Waals surface area contributed by atoms with Crippen molar-refractivity contribution in [1.29, 1.82) is 0 Å². The Morgan fingerprint density at radius 1 is 1.15 bits per heavy atom. The molecule has 0 heterocycles. The second kappa shape index (κ2) is 6.93. The first-order chi connectivity index (χ1) is 6.18. The third-order valence-electron chi connectivity index (χ3n) is 2.57. The average Bonchev–Trinajstić information content (AvgIpc) is 2.12. The van der Waals surface area contributed by atoms with E-state index in [2.05, 4.69) is 26.1 Å². The summed E-state index contributed by atoms with van der Waals surface area (Å²) in [6, 6.07) is 0. The van der Waals surface area contributed by atoms with E-state index in [4.69, 9.17) is 0 Å². The Kier molecular flexibility index (Phi) is 6.65. The van der Waals surface area contributed by atoms with Crippen LogP contribution in [0.2, 0.25) is 0 Å². The van der Waals surface area contributed by atoms with Gasteiger partial charge in [-0.25, -0.2) is 0 Å². The van der Waals surface area contributed by atoms with Gasteiger partial charge in [-0.15, -0.1) is 0 Å². The van der Waals surface area contributed by atoms with Gasteiger partial charge in [-0.05, 0) is 19.8 Å². The molecule has 78 valence electrons. The van der Waals surface area contributed by atoms with Gasteiger partial charge in [0.1, 0.15) is 0 Å². The predicted octanol–water partition coefficient (Wildman–Crippen LogP) is 2.87. The lowest BCUT2D eigenvalue weighted by Gasteiger charge is -2.29. The molecule has 0 saturated carbocycles. The Bertz CT molecular complexity index is 126. The summed E-state index contributed by atoms with van der Waals surface area (Å²) in [4.78, 5) is 10.4. The summed E-state index contributed by atoms with van der Waals surface area (Å²) in [6.07, 6.45) is 7.82. The van der Waals surface area contributed by atoms with Gasteiger partial charge in [-0.3, -0.25) is 4.79 Å². The van der Waals surface area contributed by atoms with E-state index in [0.29, 0.717) is 0 Å². The van der Waals surface area contributed by atoms with Crippen molar-refractivity contribution < 1.29 is 4.79 Å². The number of carbonyl (C=O) groups excluding carboxylic acids is 1. The van der Waals surface area contributed by atoms with Crippen LogP contribution in [0.5, 0.6) is 0 Å².